The Bertz CT molecular complexity index is 402. The van der Waals surface area contributed by atoms with Crippen molar-refractivity contribution in [3.05, 3.63) is 35.9 Å². The van der Waals surface area contributed by atoms with Crippen LogP contribution in [0.1, 0.15) is 25.3 Å². The molecule has 4 nitrogen and oxygen atoms in total. The van der Waals surface area contributed by atoms with Gasteiger partial charge in [0.2, 0.25) is 5.91 Å². The van der Waals surface area contributed by atoms with Crippen molar-refractivity contribution in [1.82, 2.24) is 10.2 Å². The second-order valence-electron chi connectivity index (χ2n) is 5.58. The molecule has 1 amide bonds. The van der Waals surface area contributed by atoms with Crippen LogP contribution in [0.25, 0.3) is 0 Å². The highest BCUT2D eigenvalue weighted by Gasteiger charge is 2.23. The van der Waals surface area contributed by atoms with Crippen LogP contribution in [0.15, 0.2) is 30.3 Å². The van der Waals surface area contributed by atoms with Crippen molar-refractivity contribution in [2.45, 2.75) is 25.4 Å². The summed E-state index contributed by atoms with van der Waals surface area (Å²) in [7, 11) is 3.78. The molecule has 1 aromatic rings. The van der Waals surface area contributed by atoms with Crippen molar-refractivity contribution in [2.75, 3.05) is 27.2 Å². The molecule has 0 saturated heterocycles. The van der Waals surface area contributed by atoms with E-state index >= 15 is 0 Å². The minimum atomic E-state index is -0.921. The quantitative estimate of drug-likeness (QED) is 0.812. The van der Waals surface area contributed by atoms with Crippen LogP contribution in [-0.4, -0.2) is 48.7 Å². The van der Waals surface area contributed by atoms with Crippen molar-refractivity contribution in [3.63, 3.8) is 0 Å². The molecule has 106 valence electrons. The molecule has 19 heavy (non-hydrogen) atoms. The number of nitrogens with zero attached hydrogens (tertiary/aromatic N) is 1. The van der Waals surface area contributed by atoms with Crippen LogP contribution >= 0.6 is 0 Å². The molecule has 0 heterocycles. The van der Waals surface area contributed by atoms with E-state index in [9.17, 15) is 9.90 Å². The van der Waals surface area contributed by atoms with Gasteiger partial charge in [0.05, 0.1) is 11.5 Å². The van der Waals surface area contributed by atoms with Crippen molar-refractivity contribution in [2.24, 2.45) is 0 Å². The summed E-state index contributed by atoms with van der Waals surface area (Å²) in [6.07, 6.45) is 0. The summed E-state index contributed by atoms with van der Waals surface area (Å²) in [4.78, 5) is 13.9. The van der Waals surface area contributed by atoms with Crippen LogP contribution in [0.3, 0.4) is 0 Å². The molecule has 1 aromatic carbocycles. The molecule has 1 rings (SSSR count). The molecular weight excluding hydrogens is 240 g/mol. The molecule has 0 fully saturated rings. The van der Waals surface area contributed by atoms with Gasteiger partial charge in [0.15, 0.2) is 0 Å². The fourth-order valence-corrected chi connectivity index (χ4v) is 2.06. The number of rotatable bonds is 6. The number of nitrogens with one attached hydrogen (secondary N) is 1. The molecule has 2 atom stereocenters. The first kappa shape index (κ1) is 15.7. The van der Waals surface area contributed by atoms with Crippen LogP contribution in [0, 0.1) is 0 Å². The van der Waals surface area contributed by atoms with Gasteiger partial charge >= 0.3 is 0 Å². The average molecular weight is 264 g/mol. The maximum absolute atomic E-state index is 12.0. The van der Waals surface area contributed by atoms with Gasteiger partial charge in [-0.05, 0) is 33.5 Å². The Hall–Kier alpha value is -1.39. The summed E-state index contributed by atoms with van der Waals surface area (Å²) >= 11 is 0. The molecule has 0 aliphatic carbocycles. The third-order valence-electron chi connectivity index (χ3n) is 2.99. The fraction of sp³-hybridized carbons (Fsp3) is 0.533. The SMILES string of the molecule is CC(C(=O)NCC(C)(O)CN(C)C)c1ccccc1. The highest BCUT2D eigenvalue weighted by molar-refractivity contribution is 5.83. The first-order valence-corrected chi connectivity index (χ1v) is 6.51. The summed E-state index contributed by atoms with van der Waals surface area (Å²) < 4.78 is 0. The van der Waals surface area contributed by atoms with E-state index in [2.05, 4.69) is 5.32 Å². The minimum absolute atomic E-state index is 0.0646. The largest absolute Gasteiger partial charge is 0.387 e. The average Bonchev–Trinajstić information content (AvgIpc) is 2.34. The van der Waals surface area contributed by atoms with Gasteiger partial charge in [-0.1, -0.05) is 30.3 Å². The highest BCUT2D eigenvalue weighted by Crippen LogP contribution is 2.14. The zero-order chi connectivity index (χ0) is 14.5. The van der Waals surface area contributed by atoms with Crippen LogP contribution in [-0.2, 0) is 4.79 Å². The van der Waals surface area contributed by atoms with E-state index in [1.807, 2.05) is 56.3 Å². The highest BCUT2D eigenvalue weighted by atomic mass is 16.3. The van der Waals surface area contributed by atoms with Crippen molar-refractivity contribution in [3.8, 4) is 0 Å². The van der Waals surface area contributed by atoms with Crippen molar-refractivity contribution in [1.29, 1.82) is 0 Å². The number of likely N-dealkylation sites (N-methyl/N-ethyl adjacent to an activating group) is 1. The Kier molecular flexibility index (Phi) is 5.51. The summed E-state index contributed by atoms with van der Waals surface area (Å²) in [5.41, 5.74) is 0.0579. The van der Waals surface area contributed by atoms with E-state index in [-0.39, 0.29) is 18.4 Å². The van der Waals surface area contributed by atoms with Crippen LogP contribution in [0.5, 0.6) is 0 Å². The van der Waals surface area contributed by atoms with Gasteiger partial charge in [-0.25, -0.2) is 0 Å². The topological polar surface area (TPSA) is 52.6 Å². The fourth-order valence-electron chi connectivity index (χ4n) is 2.06. The Morgan fingerprint density at radius 1 is 1.37 bits per heavy atom. The molecular formula is C15H24N2O2. The lowest BCUT2D eigenvalue weighted by atomic mass is 10.00. The van der Waals surface area contributed by atoms with Gasteiger partial charge in [0.1, 0.15) is 0 Å². The van der Waals surface area contributed by atoms with Gasteiger partial charge in [-0.3, -0.25) is 4.79 Å². The molecule has 4 heteroatoms. The third kappa shape index (κ3) is 5.41. The molecule has 2 unspecified atom stereocenters. The number of hydrogen-bond acceptors (Lipinski definition) is 3. The molecule has 0 aliphatic heterocycles. The third-order valence-corrected chi connectivity index (χ3v) is 2.99. The number of benzene rings is 1. The summed E-state index contributed by atoms with van der Waals surface area (Å²) in [5.74, 6) is -0.276. The van der Waals surface area contributed by atoms with E-state index in [0.29, 0.717) is 6.54 Å². The monoisotopic (exact) mass is 264 g/mol. The van der Waals surface area contributed by atoms with E-state index in [1.54, 1.807) is 6.92 Å². The zero-order valence-corrected chi connectivity index (χ0v) is 12.2. The minimum Gasteiger partial charge on any atom is -0.387 e. The lowest BCUT2D eigenvalue weighted by Crippen LogP contribution is -2.47. The molecule has 0 aromatic heterocycles. The second kappa shape index (κ2) is 6.68. The van der Waals surface area contributed by atoms with E-state index < -0.39 is 5.60 Å². The van der Waals surface area contributed by atoms with Gasteiger partial charge in [0.25, 0.3) is 0 Å². The second-order valence-corrected chi connectivity index (χ2v) is 5.58. The standard InChI is InChI=1S/C15H24N2O2/c1-12(13-8-6-5-7-9-13)14(18)16-10-15(2,19)11-17(3)4/h5-9,12,19H,10-11H2,1-4H3,(H,16,18). The van der Waals surface area contributed by atoms with Crippen molar-refractivity contribution < 1.29 is 9.90 Å². The number of aliphatic hydroxyl groups is 1. The number of amides is 1. The maximum atomic E-state index is 12.0. The molecule has 0 radical (unpaired) electrons. The Balaban J connectivity index is 2.52. The first-order valence-electron chi connectivity index (χ1n) is 6.51. The Labute approximate surface area is 115 Å². The van der Waals surface area contributed by atoms with E-state index in [1.165, 1.54) is 0 Å². The van der Waals surface area contributed by atoms with E-state index in [0.717, 1.165) is 5.56 Å². The van der Waals surface area contributed by atoms with Gasteiger partial charge in [-0.2, -0.15) is 0 Å². The number of hydrogen-bond donors (Lipinski definition) is 2. The predicted molar refractivity (Wildman–Crippen MR) is 77.0 cm³/mol. The van der Waals surface area contributed by atoms with Crippen LogP contribution in [0.2, 0.25) is 0 Å². The zero-order valence-electron chi connectivity index (χ0n) is 12.2. The van der Waals surface area contributed by atoms with Crippen molar-refractivity contribution >= 4 is 5.91 Å². The molecule has 0 saturated carbocycles. The molecule has 2 N–H and O–H groups in total. The van der Waals surface area contributed by atoms with Crippen LogP contribution in [0.4, 0.5) is 0 Å². The summed E-state index contributed by atoms with van der Waals surface area (Å²) in [6, 6.07) is 9.63. The number of carbonyl (C=O) groups excluding carboxylic acids is 1. The van der Waals surface area contributed by atoms with Gasteiger partial charge in [-0.15, -0.1) is 0 Å². The molecule has 0 spiro atoms. The predicted octanol–water partition coefficient (Wildman–Crippen LogP) is 1.22. The first-order chi connectivity index (χ1) is 8.82. The van der Waals surface area contributed by atoms with E-state index in [4.69, 9.17) is 0 Å². The summed E-state index contributed by atoms with van der Waals surface area (Å²) in [6.45, 7) is 4.35. The Morgan fingerprint density at radius 2 is 1.95 bits per heavy atom. The molecule has 0 aliphatic rings. The van der Waals surface area contributed by atoms with Gasteiger partial charge < -0.3 is 15.3 Å². The lowest BCUT2D eigenvalue weighted by molar-refractivity contribution is -0.123. The molecule has 0 bridgehead atoms. The normalized spacial score (nSPS) is 15.9. The Morgan fingerprint density at radius 3 is 2.47 bits per heavy atom. The number of carbonyl (C=O) groups is 1. The van der Waals surface area contributed by atoms with Crippen LogP contribution < -0.4 is 5.32 Å². The maximum Gasteiger partial charge on any atom is 0.227 e. The lowest BCUT2D eigenvalue weighted by Gasteiger charge is -2.27. The van der Waals surface area contributed by atoms with Gasteiger partial charge in [0, 0.05) is 13.1 Å². The summed E-state index contributed by atoms with van der Waals surface area (Å²) in [5, 5.41) is 12.9. The smallest absolute Gasteiger partial charge is 0.227 e.